The van der Waals surface area contributed by atoms with Gasteiger partial charge in [-0.2, -0.15) is 4.98 Å². The van der Waals surface area contributed by atoms with Gasteiger partial charge in [-0.3, -0.25) is 4.79 Å². The number of halogens is 2. The van der Waals surface area contributed by atoms with E-state index in [1.54, 1.807) is 26.2 Å². The Balaban J connectivity index is 1.19. The van der Waals surface area contributed by atoms with Crippen molar-refractivity contribution < 1.29 is 18.1 Å². The zero-order chi connectivity index (χ0) is 26.4. The summed E-state index contributed by atoms with van der Waals surface area (Å²) in [5.74, 6) is 0.213. The summed E-state index contributed by atoms with van der Waals surface area (Å²) in [6.07, 6.45) is 7.82. The molecule has 0 radical (unpaired) electrons. The number of hydrogen-bond donors (Lipinski definition) is 0. The average molecular weight is 522 g/mol. The first-order valence-electron chi connectivity index (χ1n) is 12.9. The Hall–Kier alpha value is -3.89. The van der Waals surface area contributed by atoms with Gasteiger partial charge >= 0.3 is 6.01 Å². The summed E-state index contributed by atoms with van der Waals surface area (Å²) in [7, 11) is 3.22. The number of rotatable bonds is 7. The Labute approximate surface area is 218 Å². The summed E-state index contributed by atoms with van der Waals surface area (Å²) >= 11 is 0. The molecule has 0 unspecified atom stereocenters. The number of anilines is 1. The highest BCUT2D eigenvalue weighted by molar-refractivity contribution is 5.94. The number of nitrogens with zero attached hydrogens (tertiary/aromatic N) is 7. The van der Waals surface area contributed by atoms with Crippen LogP contribution in [0.15, 0.2) is 35.2 Å². The Morgan fingerprint density at radius 1 is 1.11 bits per heavy atom. The molecule has 0 atom stereocenters. The predicted octanol–water partition coefficient (Wildman–Crippen LogP) is 4.18. The third-order valence-corrected chi connectivity index (χ3v) is 7.46. The van der Waals surface area contributed by atoms with E-state index < -0.39 is 11.6 Å². The molecule has 2 fully saturated rings. The van der Waals surface area contributed by atoms with E-state index in [9.17, 15) is 9.18 Å². The quantitative estimate of drug-likeness (QED) is 0.360. The summed E-state index contributed by atoms with van der Waals surface area (Å²) in [6.45, 7) is 1.41. The van der Waals surface area contributed by atoms with Crippen molar-refractivity contribution in [3.63, 3.8) is 0 Å². The van der Waals surface area contributed by atoms with Crippen molar-refractivity contribution in [1.29, 1.82) is 0 Å². The van der Waals surface area contributed by atoms with Gasteiger partial charge in [-0.25, -0.2) is 18.7 Å². The van der Waals surface area contributed by atoms with Crippen LogP contribution in [0, 0.1) is 17.6 Å². The fourth-order valence-electron chi connectivity index (χ4n) is 5.15. The molecule has 4 aromatic rings. The van der Waals surface area contributed by atoms with E-state index in [0.717, 1.165) is 25.1 Å². The van der Waals surface area contributed by atoms with Gasteiger partial charge < -0.3 is 18.9 Å². The lowest BCUT2D eigenvalue weighted by Gasteiger charge is -2.31. The summed E-state index contributed by atoms with van der Waals surface area (Å²) < 4.78 is 37.5. The fourth-order valence-corrected chi connectivity index (χ4v) is 5.15. The van der Waals surface area contributed by atoms with Gasteiger partial charge in [0.25, 0.3) is 5.91 Å². The predicted molar refractivity (Wildman–Crippen MR) is 136 cm³/mol. The minimum absolute atomic E-state index is 0.0444. The molecule has 3 aromatic heterocycles. The normalized spacial score (nSPS) is 16.4. The van der Waals surface area contributed by atoms with E-state index in [0.29, 0.717) is 47.3 Å². The van der Waals surface area contributed by atoms with Crippen LogP contribution in [-0.2, 0) is 12.8 Å². The molecule has 1 amide bonds. The molecule has 1 saturated heterocycles. The van der Waals surface area contributed by atoms with Crippen molar-refractivity contribution >= 4 is 23.0 Å². The first-order valence-corrected chi connectivity index (χ1v) is 12.9. The average Bonchev–Trinajstić information content (AvgIpc) is 3.49. The first-order chi connectivity index (χ1) is 18.4. The summed E-state index contributed by atoms with van der Waals surface area (Å²) in [5, 5.41) is 4.41. The molecule has 198 valence electrons. The van der Waals surface area contributed by atoms with Crippen LogP contribution in [0.4, 0.5) is 14.8 Å². The van der Waals surface area contributed by atoms with Gasteiger partial charge in [0.1, 0.15) is 17.8 Å². The molecular weight excluding hydrogens is 492 g/mol. The van der Waals surface area contributed by atoms with Crippen LogP contribution in [0.5, 0.6) is 0 Å². The van der Waals surface area contributed by atoms with E-state index in [-0.39, 0.29) is 23.9 Å². The highest BCUT2D eigenvalue weighted by Crippen LogP contribution is 2.34. The molecule has 6 rings (SSSR count). The molecule has 2 aliphatic rings. The lowest BCUT2D eigenvalue weighted by atomic mass is 10.0. The number of carbonyl (C=O) groups is 1. The van der Waals surface area contributed by atoms with E-state index in [2.05, 4.69) is 25.0 Å². The minimum Gasteiger partial charge on any atom is -0.345 e. The first kappa shape index (κ1) is 24.4. The maximum absolute atomic E-state index is 15.2. The SMILES string of the molecule is CN(C)C(=O)c1ccc(Cc2ncnc3c2c(F)cn3C2CCN(c3nc(CC4CC4)no3)CC2)c(F)c1. The van der Waals surface area contributed by atoms with E-state index in [1.165, 1.54) is 36.3 Å². The second kappa shape index (κ2) is 9.77. The smallest absolute Gasteiger partial charge is 0.324 e. The molecule has 1 aromatic carbocycles. The van der Waals surface area contributed by atoms with Gasteiger partial charge in [0.05, 0.1) is 11.1 Å². The molecule has 4 heterocycles. The van der Waals surface area contributed by atoms with Gasteiger partial charge in [-0.15, -0.1) is 0 Å². The maximum Gasteiger partial charge on any atom is 0.324 e. The van der Waals surface area contributed by atoms with E-state index >= 15 is 4.39 Å². The highest BCUT2D eigenvalue weighted by atomic mass is 19.1. The van der Waals surface area contributed by atoms with E-state index in [1.807, 2.05) is 4.57 Å². The molecular formula is C27H29F2N7O2. The Morgan fingerprint density at radius 3 is 2.61 bits per heavy atom. The summed E-state index contributed by atoms with van der Waals surface area (Å²) in [5.41, 5.74) is 1.49. The van der Waals surface area contributed by atoms with Gasteiger partial charge in [-0.1, -0.05) is 11.2 Å². The van der Waals surface area contributed by atoms with Crippen LogP contribution < -0.4 is 4.90 Å². The fraction of sp³-hybridized carbons (Fsp3) is 0.444. The number of amides is 1. The number of fused-ring (bicyclic) bond motifs is 1. The highest BCUT2D eigenvalue weighted by Gasteiger charge is 2.29. The number of hydrogen-bond acceptors (Lipinski definition) is 7. The van der Waals surface area contributed by atoms with Crippen molar-refractivity contribution in [2.45, 2.75) is 44.6 Å². The van der Waals surface area contributed by atoms with Crippen molar-refractivity contribution in [3.05, 3.63) is 65.0 Å². The second-order valence-electron chi connectivity index (χ2n) is 10.4. The largest absolute Gasteiger partial charge is 0.345 e. The topological polar surface area (TPSA) is 93.2 Å². The maximum atomic E-state index is 15.2. The summed E-state index contributed by atoms with van der Waals surface area (Å²) in [4.78, 5) is 28.8. The molecule has 0 spiro atoms. The van der Waals surface area contributed by atoms with Crippen molar-refractivity contribution in [2.24, 2.45) is 5.92 Å². The molecule has 1 saturated carbocycles. The molecule has 11 heteroatoms. The molecule has 9 nitrogen and oxygen atoms in total. The Bertz CT molecular complexity index is 1490. The lowest BCUT2D eigenvalue weighted by molar-refractivity contribution is 0.0827. The van der Waals surface area contributed by atoms with Crippen LogP contribution in [0.1, 0.15) is 59.2 Å². The van der Waals surface area contributed by atoms with Gasteiger partial charge in [0.2, 0.25) is 0 Å². The number of carbonyl (C=O) groups excluding carboxylic acids is 1. The molecule has 1 aliphatic carbocycles. The molecule has 0 N–H and O–H groups in total. The molecule has 0 bridgehead atoms. The van der Waals surface area contributed by atoms with E-state index in [4.69, 9.17) is 4.52 Å². The minimum atomic E-state index is -0.530. The van der Waals surface area contributed by atoms with Crippen LogP contribution in [0.2, 0.25) is 0 Å². The van der Waals surface area contributed by atoms with Crippen molar-refractivity contribution in [2.75, 3.05) is 32.1 Å². The zero-order valence-corrected chi connectivity index (χ0v) is 21.4. The standard InChI is InChI=1S/C27H29F2N7O2/c1-34(2)26(37)18-6-5-17(20(28)12-18)13-22-24-21(29)14-36(25(24)31-15-30-22)19-7-9-35(10-8-19)27-32-23(33-38-27)11-16-3-4-16/h5-6,12,14-16,19H,3-4,7-11,13H2,1-2H3. The van der Waals surface area contributed by atoms with Crippen LogP contribution in [-0.4, -0.2) is 62.7 Å². The second-order valence-corrected chi connectivity index (χ2v) is 10.4. The Morgan fingerprint density at radius 2 is 1.89 bits per heavy atom. The monoisotopic (exact) mass is 521 g/mol. The third-order valence-electron chi connectivity index (χ3n) is 7.46. The number of piperidine rings is 1. The Kier molecular flexibility index (Phi) is 6.29. The molecule has 1 aliphatic heterocycles. The van der Waals surface area contributed by atoms with Crippen LogP contribution >= 0.6 is 0 Å². The van der Waals surface area contributed by atoms with Crippen molar-refractivity contribution in [1.82, 2.24) is 29.6 Å². The van der Waals surface area contributed by atoms with Crippen LogP contribution in [0.25, 0.3) is 11.0 Å². The zero-order valence-electron chi connectivity index (χ0n) is 21.4. The van der Waals surface area contributed by atoms with Gasteiger partial charge in [0.15, 0.2) is 11.6 Å². The van der Waals surface area contributed by atoms with Gasteiger partial charge in [-0.05, 0) is 49.3 Å². The number of benzene rings is 1. The van der Waals surface area contributed by atoms with Gasteiger partial charge in [0, 0.05) is 57.8 Å². The van der Waals surface area contributed by atoms with Crippen LogP contribution in [0.3, 0.4) is 0 Å². The summed E-state index contributed by atoms with van der Waals surface area (Å²) in [6, 6.07) is 4.93. The molecule has 38 heavy (non-hydrogen) atoms. The van der Waals surface area contributed by atoms with Crippen molar-refractivity contribution in [3.8, 4) is 0 Å². The number of aromatic nitrogens is 5. The lowest BCUT2D eigenvalue weighted by Crippen LogP contribution is -2.34. The third kappa shape index (κ3) is 4.72.